The second-order valence-electron chi connectivity index (χ2n) is 4.83. The highest BCUT2D eigenvalue weighted by molar-refractivity contribution is 7.90. The third-order valence-electron chi connectivity index (χ3n) is 3.12. The molecule has 1 N–H and O–H groups in total. The molecule has 1 saturated heterocycles. The summed E-state index contributed by atoms with van der Waals surface area (Å²) in [6, 6.07) is 7.87. The zero-order valence-electron chi connectivity index (χ0n) is 10.1. The van der Waals surface area contributed by atoms with Crippen LogP contribution < -0.4 is 5.32 Å². The predicted molar refractivity (Wildman–Crippen MR) is 69.7 cm³/mol. The van der Waals surface area contributed by atoms with Crippen molar-refractivity contribution in [3.63, 3.8) is 0 Å². The van der Waals surface area contributed by atoms with Gasteiger partial charge in [-0.1, -0.05) is 29.8 Å². The Morgan fingerprint density at radius 1 is 1.29 bits per heavy atom. The zero-order chi connectivity index (χ0) is 12.3. The smallest absolute Gasteiger partial charge is 0.155 e. The van der Waals surface area contributed by atoms with Gasteiger partial charge >= 0.3 is 0 Å². The Kier molecular flexibility index (Phi) is 3.84. The van der Waals surface area contributed by atoms with Gasteiger partial charge in [0.2, 0.25) is 0 Å². The summed E-state index contributed by atoms with van der Waals surface area (Å²) in [7, 11) is -2.99. The molecule has 17 heavy (non-hydrogen) atoms. The SMILES string of the molecule is Cc1ccc(CS(=O)(=O)CC2CCCN2)cc1. The van der Waals surface area contributed by atoms with Crippen LogP contribution in [0.4, 0.5) is 0 Å². The molecule has 2 rings (SSSR count). The third kappa shape index (κ3) is 3.82. The van der Waals surface area contributed by atoms with Gasteiger partial charge in [-0.2, -0.15) is 0 Å². The Bertz CT molecular complexity index is 459. The van der Waals surface area contributed by atoms with Gasteiger partial charge in [0.1, 0.15) is 0 Å². The van der Waals surface area contributed by atoms with E-state index < -0.39 is 9.84 Å². The van der Waals surface area contributed by atoms with Gasteiger partial charge in [-0.15, -0.1) is 0 Å². The van der Waals surface area contributed by atoms with Crippen LogP contribution in [-0.2, 0) is 15.6 Å². The van der Waals surface area contributed by atoms with Crippen molar-refractivity contribution < 1.29 is 8.42 Å². The minimum absolute atomic E-state index is 0.158. The van der Waals surface area contributed by atoms with E-state index in [2.05, 4.69) is 5.32 Å². The van der Waals surface area contributed by atoms with Crippen LogP contribution in [0.25, 0.3) is 0 Å². The molecule has 0 spiro atoms. The van der Waals surface area contributed by atoms with E-state index in [0.717, 1.165) is 30.5 Å². The molecule has 3 nitrogen and oxygen atoms in total. The highest BCUT2D eigenvalue weighted by Crippen LogP contribution is 2.13. The first-order valence-corrected chi connectivity index (χ1v) is 7.87. The lowest BCUT2D eigenvalue weighted by atomic mass is 10.2. The summed E-state index contributed by atoms with van der Waals surface area (Å²) < 4.78 is 24.0. The first kappa shape index (κ1) is 12.6. The molecule has 0 aliphatic carbocycles. The number of aryl methyl sites for hydroxylation is 1. The fraction of sp³-hybridized carbons (Fsp3) is 0.538. The van der Waals surface area contributed by atoms with E-state index >= 15 is 0 Å². The first-order valence-electron chi connectivity index (χ1n) is 6.04. The van der Waals surface area contributed by atoms with Crippen LogP contribution in [-0.4, -0.2) is 26.8 Å². The van der Waals surface area contributed by atoms with Gasteiger partial charge in [0, 0.05) is 6.04 Å². The van der Waals surface area contributed by atoms with Gasteiger partial charge in [0.25, 0.3) is 0 Å². The lowest BCUT2D eigenvalue weighted by Gasteiger charge is -2.10. The molecule has 0 aromatic heterocycles. The van der Waals surface area contributed by atoms with Crippen molar-refractivity contribution in [2.45, 2.75) is 31.6 Å². The summed E-state index contributed by atoms with van der Waals surface area (Å²) in [6.45, 7) is 2.95. The monoisotopic (exact) mass is 253 g/mol. The molecule has 1 aliphatic heterocycles. The van der Waals surface area contributed by atoms with Crippen molar-refractivity contribution in [3.8, 4) is 0 Å². The Morgan fingerprint density at radius 2 is 2.00 bits per heavy atom. The van der Waals surface area contributed by atoms with E-state index in [1.54, 1.807) is 0 Å². The summed E-state index contributed by atoms with van der Waals surface area (Å²) in [4.78, 5) is 0. The van der Waals surface area contributed by atoms with E-state index in [1.807, 2.05) is 31.2 Å². The summed E-state index contributed by atoms with van der Waals surface area (Å²) in [5.74, 6) is 0.423. The number of benzene rings is 1. The first-order chi connectivity index (χ1) is 8.05. The molecule has 4 heteroatoms. The maximum atomic E-state index is 12.0. The van der Waals surface area contributed by atoms with Crippen LogP contribution in [0.3, 0.4) is 0 Å². The van der Waals surface area contributed by atoms with E-state index in [4.69, 9.17) is 0 Å². The Balaban J connectivity index is 1.98. The molecule has 1 fully saturated rings. The van der Waals surface area contributed by atoms with E-state index in [1.165, 1.54) is 0 Å². The van der Waals surface area contributed by atoms with Gasteiger partial charge in [-0.05, 0) is 31.9 Å². The lowest BCUT2D eigenvalue weighted by molar-refractivity contribution is 0.576. The van der Waals surface area contributed by atoms with Gasteiger partial charge in [0.05, 0.1) is 11.5 Å². The second-order valence-corrected chi connectivity index (χ2v) is 6.94. The topological polar surface area (TPSA) is 46.2 Å². The molecule has 1 aromatic rings. The van der Waals surface area contributed by atoms with E-state index in [-0.39, 0.29) is 17.5 Å². The highest BCUT2D eigenvalue weighted by Gasteiger charge is 2.22. The second kappa shape index (κ2) is 5.19. The number of sulfone groups is 1. The molecular formula is C13H19NO2S. The van der Waals surface area contributed by atoms with E-state index in [0.29, 0.717) is 0 Å². The molecule has 1 heterocycles. The largest absolute Gasteiger partial charge is 0.313 e. The maximum absolute atomic E-state index is 12.0. The zero-order valence-corrected chi connectivity index (χ0v) is 11.0. The van der Waals surface area contributed by atoms with Crippen molar-refractivity contribution in [2.75, 3.05) is 12.3 Å². The van der Waals surface area contributed by atoms with Crippen molar-refractivity contribution in [3.05, 3.63) is 35.4 Å². The minimum Gasteiger partial charge on any atom is -0.313 e. The fourth-order valence-electron chi connectivity index (χ4n) is 2.20. The number of hydrogen-bond donors (Lipinski definition) is 1. The molecule has 1 aromatic carbocycles. The van der Waals surface area contributed by atoms with Gasteiger partial charge in [-0.25, -0.2) is 8.42 Å². The van der Waals surface area contributed by atoms with Crippen LogP contribution in [0, 0.1) is 6.92 Å². The molecule has 0 saturated carbocycles. The highest BCUT2D eigenvalue weighted by atomic mass is 32.2. The molecule has 1 aliphatic rings. The Labute approximate surface area is 103 Å². The predicted octanol–water partition coefficient (Wildman–Crippen LogP) is 1.66. The number of rotatable bonds is 4. The van der Waals surface area contributed by atoms with Crippen molar-refractivity contribution in [2.24, 2.45) is 0 Å². The summed E-state index contributed by atoms with van der Waals surface area (Å²) in [5.41, 5.74) is 2.04. The van der Waals surface area contributed by atoms with Gasteiger partial charge in [0.15, 0.2) is 9.84 Å². The summed E-state index contributed by atoms with van der Waals surface area (Å²) in [5, 5.41) is 3.23. The summed E-state index contributed by atoms with van der Waals surface area (Å²) in [6.07, 6.45) is 2.07. The van der Waals surface area contributed by atoms with Crippen LogP contribution in [0.1, 0.15) is 24.0 Å². The average Bonchev–Trinajstić information content (AvgIpc) is 2.73. The molecule has 0 amide bonds. The fourth-order valence-corrected chi connectivity index (χ4v) is 3.92. The van der Waals surface area contributed by atoms with Crippen LogP contribution in [0.15, 0.2) is 24.3 Å². The third-order valence-corrected chi connectivity index (χ3v) is 4.81. The molecular weight excluding hydrogens is 234 g/mol. The standard InChI is InChI=1S/C13H19NO2S/c1-11-4-6-12(7-5-11)9-17(15,16)10-13-3-2-8-14-13/h4-7,13-14H,2-3,8-10H2,1H3. The average molecular weight is 253 g/mol. The van der Waals surface area contributed by atoms with Crippen molar-refractivity contribution in [1.82, 2.24) is 5.32 Å². The quantitative estimate of drug-likeness (QED) is 0.887. The summed E-state index contributed by atoms with van der Waals surface area (Å²) >= 11 is 0. The Hall–Kier alpha value is -0.870. The van der Waals surface area contributed by atoms with Crippen LogP contribution in [0.5, 0.6) is 0 Å². The van der Waals surface area contributed by atoms with Crippen LogP contribution >= 0.6 is 0 Å². The van der Waals surface area contributed by atoms with Crippen LogP contribution in [0.2, 0.25) is 0 Å². The van der Waals surface area contributed by atoms with Crippen molar-refractivity contribution >= 4 is 9.84 Å². The molecule has 1 unspecified atom stereocenters. The number of hydrogen-bond acceptors (Lipinski definition) is 3. The van der Waals surface area contributed by atoms with Gasteiger partial charge in [-0.3, -0.25) is 0 Å². The minimum atomic E-state index is -2.99. The van der Waals surface area contributed by atoms with Gasteiger partial charge < -0.3 is 5.32 Å². The molecule has 0 bridgehead atoms. The normalized spacial score (nSPS) is 20.6. The number of nitrogens with one attached hydrogen (secondary N) is 1. The molecule has 1 atom stereocenters. The van der Waals surface area contributed by atoms with Crippen molar-refractivity contribution in [1.29, 1.82) is 0 Å². The Morgan fingerprint density at radius 3 is 2.59 bits per heavy atom. The molecule has 94 valence electrons. The van der Waals surface area contributed by atoms with E-state index in [9.17, 15) is 8.42 Å². The maximum Gasteiger partial charge on any atom is 0.155 e. The molecule has 0 radical (unpaired) electrons. The lowest BCUT2D eigenvalue weighted by Crippen LogP contribution is -2.30.